The number of rotatable bonds is 3. The van der Waals surface area contributed by atoms with Crippen LogP contribution in [0.5, 0.6) is 5.75 Å². The molecule has 3 rings (SSSR count). The number of benzene rings is 1. The zero-order chi connectivity index (χ0) is 20.3. The number of hydrogen-bond donors (Lipinski definition) is 1. The number of halogens is 2. The van der Waals surface area contributed by atoms with E-state index in [-0.39, 0.29) is 23.9 Å². The second-order valence-corrected chi connectivity index (χ2v) is 8.62. The Kier molecular flexibility index (Phi) is 6.43. The summed E-state index contributed by atoms with van der Waals surface area (Å²) in [7, 11) is 0. The summed E-state index contributed by atoms with van der Waals surface area (Å²) >= 11 is 0. The molecule has 28 heavy (non-hydrogen) atoms. The number of ether oxygens (including phenoxy) is 2. The first-order valence-corrected chi connectivity index (χ1v) is 10.1. The fourth-order valence-corrected chi connectivity index (χ4v) is 3.73. The van der Waals surface area contributed by atoms with E-state index in [4.69, 9.17) is 9.47 Å². The summed E-state index contributed by atoms with van der Waals surface area (Å²) in [5.74, 6) is -1.43. The number of carbonyl (C=O) groups is 1. The van der Waals surface area contributed by atoms with Crippen LogP contribution in [-0.2, 0) is 4.74 Å². The van der Waals surface area contributed by atoms with Crippen LogP contribution < -0.4 is 10.1 Å². The van der Waals surface area contributed by atoms with Gasteiger partial charge in [0.2, 0.25) is 0 Å². The summed E-state index contributed by atoms with van der Waals surface area (Å²) in [5.41, 5.74) is 0.149. The van der Waals surface area contributed by atoms with E-state index < -0.39 is 17.2 Å². The number of amides is 1. The van der Waals surface area contributed by atoms with E-state index in [1.807, 2.05) is 20.8 Å². The van der Waals surface area contributed by atoms with Gasteiger partial charge in [-0.25, -0.2) is 13.6 Å². The molecule has 0 bridgehead atoms. The van der Waals surface area contributed by atoms with Gasteiger partial charge in [-0.3, -0.25) is 0 Å². The van der Waals surface area contributed by atoms with Crippen LogP contribution in [0, 0.1) is 11.6 Å². The van der Waals surface area contributed by atoms with Gasteiger partial charge in [-0.15, -0.1) is 0 Å². The molecule has 1 aromatic rings. The molecule has 2 fully saturated rings. The molecule has 7 heteroatoms. The highest BCUT2D eigenvalue weighted by molar-refractivity contribution is 5.68. The molecule has 0 atom stereocenters. The Labute approximate surface area is 165 Å². The molecular weight excluding hydrogens is 366 g/mol. The van der Waals surface area contributed by atoms with Gasteiger partial charge >= 0.3 is 6.09 Å². The Bertz CT molecular complexity index is 668. The maximum absolute atomic E-state index is 14.5. The van der Waals surface area contributed by atoms with E-state index in [1.165, 1.54) is 12.1 Å². The summed E-state index contributed by atoms with van der Waals surface area (Å²) in [4.78, 5) is 13.7. The summed E-state index contributed by atoms with van der Waals surface area (Å²) < 4.78 is 40.1. The Balaban J connectivity index is 1.58. The van der Waals surface area contributed by atoms with Crippen molar-refractivity contribution in [3.05, 3.63) is 29.3 Å². The van der Waals surface area contributed by atoms with Crippen LogP contribution in [0.2, 0.25) is 0 Å². The van der Waals surface area contributed by atoms with Crippen molar-refractivity contribution in [3.63, 3.8) is 0 Å². The standard InChI is InChI=1S/C21H30F2N2O3/c1-21(2,3)28-20(26)25-10-6-16(7-11-25)27-19-17(22)12-15(13-18(19)23)14-4-8-24-9-5-14/h12-14,16,24H,4-11H2,1-3H3. The molecule has 1 aromatic carbocycles. The third kappa shape index (κ3) is 5.34. The van der Waals surface area contributed by atoms with Crippen LogP contribution in [0.25, 0.3) is 0 Å². The van der Waals surface area contributed by atoms with Gasteiger partial charge in [0.25, 0.3) is 0 Å². The van der Waals surface area contributed by atoms with Crippen LogP contribution in [0.4, 0.5) is 13.6 Å². The number of nitrogens with zero attached hydrogens (tertiary/aromatic N) is 1. The first-order chi connectivity index (χ1) is 13.2. The van der Waals surface area contributed by atoms with Crippen molar-refractivity contribution in [1.29, 1.82) is 0 Å². The van der Waals surface area contributed by atoms with E-state index in [2.05, 4.69) is 5.32 Å². The lowest BCUT2D eigenvalue weighted by atomic mass is 9.90. The van der Waals surface area contributed by atoms with E-state index >= 15 is 0 Å². The molecule has 0 radical (unpaired) electrons. The first kappa shape index (κ1) is 20.8. The summed E-state index contributed by atoms with van der Waals surface area (Å²) in [6.07, 6.45) is 2.08. The Morgan fingerprint density at radius 2 is 1.64 bits per heavy atom. The molecule has 1 N–H and O–H groups in total. The molecule has 2 aliphatic heterocycles. The minimum atomic E-state index is -0.650. The number of likely N-dealkylation sites (tertiary alicyclic amines) is 1. The number of carbonyl (C=O) groups excluding carboxylic acids is 1. The van der Waals surface area contributed by atoms with Gasteiger partial charge in [0.15, 0.2) is 17.4 Å². The van der Waals surface area contributed by atoms with Crippen molar-refractivity contribution in [2.75, 3.05) is 26.2 Å². The largest absolute Gasteiger partial charge is 0.484 e. The second-order valence-electron chi connectivity index (χ2n) is 8.62. The fourth-order valence-electron chi connectivity index (χ4n) is 3.73. The molecule has 0 aliphatic carbocycles. The quantitative estimate of drug-likeness (QED) is 0.832. The van der Waals surface area contributed by atoms with Crippen molar-refractivity contribution >= 4 is 6.09 Å². The number of piperidine rings is 2. The first-order valence-electron chi connectivity index (χ1n) is 10.1. The topological polar surface area (TPSA) is 50.8 Å². The monoisotopic (exact) mass is 396 g/mol. The van der Waals surface area contributed by atoms with Crippen LogP contribution in [0.15, 0.2) is 12.1 Å². The van der Waals surface area contributed by atoms with Crippen LogP contribution in [0.3, 0.4) is 0 Å². The van der Waals surface area contributed by atoms with Gasteiger partial charge in [0, 0.05) is 25.9 Å². The maximum Gasteiger partial charge on any atom is 0.410 e. The van der Waals surface area contributed by atoms with Crippen LogP contribution in [-0.4, -0.2) is 48.9 Å². The summed E-state index contributed by atoms with van der Waals surface area (Å²) in [6, 6.07) is 2.81. The van der Waals surface area contributed by atoms with E-state index in [0.29, 0.717) is 31.5 Å². The van der Waals surface area contributed by atoms with Gasteiger partial charge in [0.05, 0.1) is 0 Å². The molecule has 1 amide bonds. The second kappa shape index (κ2) is 8.64. The van der Waals surface area contributed by atoms with Gasteiger partial charge in [-0.05, 0) is 70.3 Å². The van der Waals surface area contributed by atoms with Crippen molar-refractivity contribution in [2.24, 2.45) is 0 Å². The molecule has 0 saturated carbocycles. The highest BCUT2D eigenvalue weighted by Gasteiger charge is 2.29. The normalized spacial score (nSPS) is 19.5. The molecule has 5 nitrogen and oxygen atoms in total. The minimum Gasteiger partial charge on any atom is -0.484 e. The number of hydrogen-bond acceptors (Lipinski definition) is 4. The van der Waals surface area contributed by atoms with E-state index in [1.54, 1.807) is 4.90 Å². The Morgan fingerprint density at radius 1 is 1.07 bits per heavy atom. The third-order valence-electron chi connectivity index (χ3n) is 5.21. The lowest BCUT2D eigenvalue weighted by Crippen LogP contribution is -2.44. The third-order valence-corrected chi connectivity index (χ3v) is 5.21. The highest BCUT2D eigenvalue weighted by Crippen LogP contribution is 2.32. The van der Waals surface area contributed by atoms with Gasteiger partial charge < -0.3 is 19.7 Å². The average Bonchev–Trinajstić information content (AvgIpc) is 2.64. The Hall–Kier alpha value is -1.89. The van der Waals surface area contributed by atoms with Gasteiger partial charge in [0.1, 0.15) is 11.7 Å². The van der Waals surface area contributed by atoms with Crippen molar-refractivity contribution < 1.29 is 23.0 Å². The van der Waals surface area contributed by atoms with Crippen molar-refractivity contribution in [2.45, 2.75) is 64.1 Å². The zero-order valence-corrected chi connectivity index (χ0v) is 16.9. The minimum absolute atomic E-state index is 0.177. The zero-order valence-electron chi connectivity index (χ0n) is 16.9. The molecule has 0 spiro atoms. The van der Waals surface area contributed by atoms with Crippen molar-refractivity contribution in [1.82, 2.24) is 10.2 Å². The van der Waals surface area contributed by atoms with Crippen molar-refractivity contribution in [3.8, 4) is 5.75 Å². The molecule has 0 unspecified atom stereocenters. The predicted octanol–water partition coefficient (Wildman–Crippen LogP) is 4.21. The maximum atomic E-state index is 14.5. The van der Waals surface area contributed by atoms with Crippen LogP contribution in [0.1, 0.15) is 57.9 Å². The van der Waals surface area contributed by atoms with Crippen LogP contribution >= 0.6 is 0 Å². The van der Waals surface area contributed by atoms with E-state index in [0.717, 1.165) is 25.9 Å². The molecule has 2 aliphatic rings. The molecule has 2 heterocycles. The highest BCUT2D eigenvalue weighted by atomic mass is 19.1. The lowest BCUT2D eigenvalue weighted by Gasteiger charge is -2.33. The summed E-state index contributed by atoms with van der Waals surface area (Å²) in [5, 5.41) is 3.25. The summed E-state index contributed by atoms with van der Waals surface area (Å²) in [6.45, 7) is 8.07. The van der Waals surface area contributed by atoms with Gasteiger partial charge in [-0.2, -0.15) is 0 Å². The SMILES string of the molecule is CC(C)(C)OC(=O)N1CCC(Oc2c(F)cc(C3CCNCC3)cc2F)CC1. The predicted molar refractivity (Wildman–Crippen MR) is 103 cm³/mol. The molecule has 0 aromatic heterocycles. The van der Waals surface area contributed by atoms with Gasteiger partial charge in [-0.1, -0.05) is 0 Å². The lowest BCUT2D eigenvalue weighted by molar-refractivity contribution is 0.0119. The molecule has 2 saturated heterocycles. The molecular formula is C21H30F2N2O3. The molecule has 156 valence electrons. The smallest absolute Gasteiger partial charge is 0.410 e. The van der Waals surface area contributed by atoms with E-state index in [9.17, 15) is 13.6 Å². The fraction of sp³-hybridized carbons (Fsp3) is 0.667. The Morgan fingerprint density at radius 3 is 2.18 bits per heavy atom. The average molecular weight is 396 g/mol. The number of nitrogens with one attached hydrogen (secondary N) is 1.